The van der Waals surface area contributed by atoms with Crippen molar-refractivity contribution in [2.75, 3.05) is 27.3 Å². The SMILES string of the molecule is COc1ccc(C(=O)N(C)CCOc2ccccc2)cc1S(=O)(=O)NCc1ccc(Cl)cc1. The molecule has 0 bridgehead atoms. The number of halogens is 1. The van der Waals surface area contributed by atoms with Gasteiger partial charge in [0.15, 0.2) is 0 Å². The molecule has 3 aromatic rings. The summed E-state index contributed by atoms with van der Waals surface area (Å²) in [4.78, 5) is 14.2. The number of nitrogens with one attached hydrogen (secondary N) is 1. The second kappa shape index (κ2) is 11.2. The predicted octanol–water partition coefficient (Wildman–Crippen LogP) is 3.98. The lowest BCUT2D eigenvalue weighted by Crippen LogP contribution is -2.31. The minimum Gasteiger partial charge on any atom is -0.495 e. The Labute approximate surface area is 198 Å². The number of hydrogen-bond acceptors (Lipinski definition) is 5. The van der Waals surface area contributed by atoms with Crippen LogP contribution in [0.15, 0.2) is 77.7 Å². The third-order valence-corrected chi connectivity index (χ3v) is 6.54. The third kappa shape index (κ3) is 6.71. The fourth-order valence-electron chi connectivity index (χ4n) is 3.02. The normalized spacial score (nSPS) is 11.1. The van der Waals surface area contributed by atoms with Crippen LogP contribution < -0.4 is 14.2 Å². The molecule has 0 spiro atoms. The molecular weight excluding hydrogens is 464 g/mol. The highest BCUT2D eigenvalue weighted by molar-refractivity contribution is 7.89. The summed E-state index contributed by atoms with van der Waals surface area (Å²) in [6, 6.07) is 20.4. The number of rotatable bonds is 10. The van der Waals surface area contributed by atoms with Crippen LogP contribution in [-0.4, -0.2) is 46.5 Å². The number of sulfonamides is 1. The average molecular weight is 489 g/mol. The Morgan fingerprint density at radius 3 is 2.39 bits per heavy atom. The Morgan fingerprint density at radius 1 is 1.03 bits per heavy atom. The maximum absolute atomic E-state index is 13.0. The standard InChI is InChI=1S/C24H25ClN2O5S/c1-27(14-15-32-21-6-4-3-5-7-21)24(28)19-10-13-22(31-2)23(16-19)33(29,30)26-17-18-8-11-20(25)12-9-18/h3-13,16,26H,14-15,17H2,1-2H3. The lowest BCUT2D eigenvalue weighted by Gasteiger charge is -2.19. The van der Waals surface area contributed by atoms with Gasteiger partial charge >= 0.3 is 0 Å². The van der Waals surface area contributed by atoms with Gasteiger partial charge in [-0.05, 0) is 48.0 Å². The zero-order valence-electron chi connectivity index (χ0n) is 18.3. The van der Waals surface area contributed by atoms with Gasteiger partial charge in [0.1, 0.15) is 23.0 Å². The molecule has 0 saturated carbocycles. The molecule has 0 unspecified atom stereocenters. The zero-order chi connectivity index (χ0) is 23.8. The molecule has 174 valence electrons. The number of amides is 1. The average Bonchev–Trinajstić information content (AvgIpc) is 2.83. The van der Waals surface area contributed by atoms with E-state index in [1.165, 1.54) is 30.2 Å². The Hall–Kier alpha value is -3.07. The largest absolute Gasteiger partial charge is 0.495 e. The number of carbonyl (C=O) groups excluding carboxylic acids is 1. The van der Waals surface area contributed by atoms with E-state index in [1.807, 2.05) is 30.3 Å². The molecular formula is C24H25ClN2O5S. The molecule has 0 aromatic heterocycles. The number of carbonyl (C=O) groups is 1. The van der Waals surface area contributed by atoms with E-state index in [1.54, 1.807) is 31.3 Å². The van der Waals surface area contributed by atoms with Crippen molar-refractivity contribution in [1.29, 1.82) is 0 Å². The predicted molar refractivity (Wildman–Crippen MR) is 127 cm³/mol. The molecule has 0 fully saturated rings. The Morgan fingerprint density at radius 2 is 1.73 bits per heavy atom. The van der Waals surface area contributed by atoms with Crippen LogP contribution in [0.5, 0.6) is 11.5 Å². The second-order valence-corrected chi connectivity index (χ2v) is 9.38. The summed E-state index contributed by atoms with van der Waals surface area (Å²) in [6.07, 6.45) is 0. The van der Waals surface area contributed by atoms with Crippen LogP contribution in [0.3, 0.4) is 0 Å². The highest BCUT2D eigenvalue weighted by Crippen LogP contribution is 2.26. The van der Waals surface area contributed by atoms with Gasteiger partial charge in [0.2, 0.25) is 10.0 Å². The van der Waals surface area contributed by atoms with Crippen LogP contribution in [0.1, 0.15) is 15.9 Å². The van der Waals surface area contributed by atoms with Crippen molar-refractivity contribution < 1.29 is 22.7 Å². The Bertz CT molecular complexity index is 1190. The van der Waals surface area contributed by atoms with E-state index in [0.717, 1.165) is 5.56 Å². The minimum atomic E-state index is -3.95. The maximum Gasteiger partial charge on any atom is 0.253 e. The number of hydrogen-bond donors (Lipinski definition) is 1. The highest BCUT2D eigenvalue weighted by atomic mass is 35.5. The van der Waals surface area contributed by atoms with E-state index < -0.39 is 10.0 Å². The lowest BCUT2D eigenvalue weighted by atomic mass is 10.2. The summed E-state index contributed by atoms with van der Waals surface area (Å²) in [5, 5.41) is 0.563. The molecule has 0 heterocycles. The van der Waals surface area contributed by atoms with Crippen molar-refractivity contribution in [2.45, 2.75) is 11.4 Å². The van der Waals surface area contributed by atoms with Crippen molar-refractivity contribution in [1.82, 2.24) is 9.62 Å². The molecule has 33 heavy (non-hydrogen) atoms. The Kier molecular flexibility index (Phi) is 8.32. The van der Waals surface area contributed by atoms with Crippen LogP contribution in [0.25, 0.3) is 0 Å². The van der Waals surface area contributed by atoms with Crippen LogP contribution in [0.2, 0.25) is 5.02 Å². The van der Waals surface area contributed by atoms with Gasteiger partial charge in [-0.25, -0.2) is 13.1 Å². The van der Waals surface area contributed by atoms with Crippen molar-refractivity contribution >= 4 is 27.5 Å². The monoisotopic (exact) mass is 488 g/mol. The number of nitrogens with zero attached hydrogens (tertiary/aromatic N) is 1. The van der Waals surface area contributed by atoms with Gasteiger partial charge < -0.3 is 14.4 Å². The second-order valence-electron chi connectivity index (χ2n) is 7.20. The number of likely N-dealkylation sites (N-methyl/N-ethyl adjacent to an activating group) is 1. The molecule has 7 nitrogen and oxygen atoms in total. The lowest BCUT2D eigenvalue weighted by molar-refractivity contribution is 0.0773. The van der Waals surface area contributed by atoms with E-state index in [2.05, 4.69) is 4.72 Å². The van der Waals surface area contributed by atoms with Gasteiger partial charge in [0.25, 0.3) is 5.91 Å². The number of benzene rings is 3. The van der Waals surface area contributed by atoms with E-state index >= 15 is 0 Å². The molecule has 0 aliphatic carbocycles. The first kappa shape index (κ1) is 24.6. The summed E-state index contributed by atoms with van der Waals surface area (Å²) in [5.41, 5.74) is 0.970. The number of ether oxygens (including phenoxy) is 2. The maximum atomic E-state index is 13.0. The molecule has 1 amide bonds. The third-order valence-electron chi connectivity index (χ3n) is 4.86. The van der Waals surface area contributed by atoms with E-state index in [4.69, 9.17) is 21.1 Å². The van der Waals surface area contributed by atoms with E-state index in [9.17, 15) is 13.2 Å². The summed E-state index contributed by atoms with van der Waals surface area (Å²) < 4.78 is 39.3. The fourth-order valence-corrected chi connectivity index (χ4v) is 4.35. The van der Waals surface area contributed by atoms with Crippen molar-refractivity contribution in [3.8, 4) is 11.5 Å². The fraction of sp³-hybridized carbons (Fsp3) is 0.208. The molecule has 3 aromatic carbocycles. The molecule has 0 aliphatic heterocycles. The first-order valence-corrected chi connectivity index (χ1v) is 12.0. The Balaban J connectivity index is 1.70. The van der Waals surface area contributed by atoms with Crippen LogP contribution in [-0.2, 0) is 16.6 Å². The molecule has 1 N–H and O–H groups in total. The van der Waals surface area contributed by atoms with Gasteiger partial charge in [-0.3, -0.25) is 4.79 Å². The molecule has 0 atom stereocenters. The molecule has 0 radical (unpaired) electrons. The summed E-state index contributed by atoms with van der Waals surface area (Å²) >= 11 is 5.87. The van der Waals surface area contributed by atoms with E-state index in [0.29, 0.717) is 23.9 Å². The minimum absolute atomic E-state index is 0.0670. The van der Waals surface area contributed by atoms with Crippen LogP contribution >= 0.6 is 11.6 Å². The van der Waals surface area contributed by atoms with Gasteiger partial charge in [-0.2, -0.15) is 0 Å². The van der Waals surface area contributed by atoms with Crippen molar-refractivity contribution in [3.63, 3.8) is 0 Å². The number of para-hydroxylation sites is 1. The quantitative estimate of drug-likeness (QED) is 0.466. The summed E-state index contributed by atoms with van der Waals surface area (Å²) in [6.45, 7) is 0.699. The topological polar surface area (TPSA) is 84.9 Å². The van der Waals surface area contributed by atoms with Gasteiger partial charge in [-0.15, -0.1) is 0 Å². The smallest absolute Gasteiger partial charge is 0.253 e. The molecule has 0 aliphatic rings. The molecule has 3 rings (SSSR count). The van der Waals surface area contributed by atoms with Gasteiger partial charge in [0.05, 0.1) is 13.7 Å². The zero-order valence-corrected chi connectivity index (χ0v) is 19.9. The first-order valence-electron chi connectivity index (χ1n) is 10.2. The van der Waals surface area contributed by atoms with Crippen LogP contribution in [0, 0.1) is 0 Å². The van der Waals surface area contributed by atoms with Crippen molar-refractivity contribution in [3.05, 3.63) is 88.9 Å². The highest BCUT2D eigenvalue weighted by Gasteiger charge is 2.22. The van der Waals surface area contributed by atoms with Gasteiger partial charge in [0, 0.05) is 24.2 Å². The summed E-state index contributed by atoms with van der Waals surface area (Å²) in [5.74, 6) is 0.525. The summed E-state index contributed by atoms with van der Waals surface area (Å²) in [7, 11) is -0.940. The molecule has 0 saturated heterocycles. The number of methoxy groups -OCH3 is 1. The first-order chi connectivity index (χ1) is 15.8. The van der Waals surface area contributed by atoms with Crippen LogP contribution in [0.4, 0.5) is 0 Å². The van der Waals surface area contributed by atoms with Gasteiger partial charge in [-0.1, -0.05) is 41.9 Å². The van der Waals surface area contributed by atoms with E-state index in [-0.39, 0.29) is 28.7 Å². The van der Waals surface area contributed by atoms with Crippen molar-refractivity contribution in [2.24, 2.45) is 0 Å². The molecule has 9 heteroatoms.